The highest BCUT2D eigenvalue weighted by Gasteiger charge is 2.34. The molecule has 0 aliphatic carbocycles. The van der Waals surface area contributed by atoms with Gasteiger partial charge in [0.2, 0.25) is 5.91 Å². The summed E-state index contributed by atoms with van der Waals surface area (Å²) < 4.78 is 32.2. The molecule has 8 nitrogen and oxygen atoms in total. The minimum absolute atomic E-state index is 0.0195. The zero-order chi connectivity index (χ0) is 20.0. The Morgan fingerprint density at radius 2 is 1.96 bits per heavy atom. The van der Waals surface area contributed by atoms with Crippen LogP contribution in [0.4, 0.5) is 0 Å². The van der Waals surface area contributed by atoms with Crippen molar-refractivity contribution in [2.24, 2.45) is 16.3 Å². The van der Waals surface area contributed by atoms with E-state index in [0.717, 1.165) is 0 Å². The van der Waals surface area contributed by atoms with Crippen LogP contribution >= 0.6 is 0 Å². The van der Waals surface area contributed by atoms with E-state index in [1.807, 2.05) is 6.92 Å². The maximum absolute atomic E-state index is 12.2. The van der Waals surface area contributed by atoms with Crippen molar-refractivity contribution in [2.75, 3.05) is 6.61 Å². The first-order chi connectivity index (χ1) is 12.0. The summed E-state index contributed by atoms with van der Waals surface area (Å²) in [5, 5.41) is 8.79. The maximum atomic E-state index is 12.2. The molecule has 0 aliphatic rings. The molecule has 144 valence electrons. The summed E-state index contributed by atoms with van der Waals surface area (Å²) in [6.07, 6.45) is 1.43. The summed E-state index contributed by atoms with van der Waals surface area (Å²) in [5.41, 5.74) is 0.817. The van der Waals surface area contributed by atoms with Gasteiger partial charge in [0.15, 0.2) is 0 Å². The van der Waals surface area contributed by atoms with Gasteiger partial charge >= 0.3 is 0 Å². The molecule has 0 spiro atoms. The van der Waals surface area contributed by atoms with Gasteiger partial charge in [-0.05, 0) is 31.2 Å². The molecular weight excluding hydrogens is 358 g/mol. The molecule has 1 rings (SSSR count). The first kappa shape index (κ1) is 21.7. The average Bonchev–Trinajstić information content (AvgIpc) is 2.58. The van der Waals surface area contributed by atoms with Crippen LogP contribution in [0.25, 0.3) is 0 Å². The standard InChI is InChI=1S/C17H25N3O5S/c1-6-18-13(3)20-26(23,24)15-9-7-14(8-10-15)25-11-12(2)17(4,5)16(21)19-22/h6-10,12,20,22H,3,11H2,1-2,4-5H3,(H,19,21)/b18-6+. The van der Waals surface area contributed by atoms with Crippen LogP contribution in [0.2, 0.25) is 0 Å². The normalized spacial score (nSPS) is 13.3. The van der Waals surface area contributed by atoms with Gasteiger partial charge in [-0.3, -0.25) is 14.7 Å². The van der Waals surface area contributed by atoms with E-state index in [4.69, 9.17) is 9.94 Å². The number of ether oxygens (including phenoxy) is 1. The van der Waals surface area contributed by atoms with Crippen LogP contribution in [0.5, 0.6) is 5.75 Å². The third-order valence-electron chi connectivity index (χ3n) is 4.09. The van der Waals surface area contributed by atoms with E-state index < -0.39 is 21.3 Å². The van der Waals surface area contributed by atoms with Gasteiger partial charge in [-0.25, -0.2) is 18.9 Å². The summed E-state index contributed by atoms with van der Waals surface area (Å²) in [7, 11) is -3.77. The number of hydroxylamine groups is 1. The zero-order valence-corrected chi connectivity index (χ0v) is 16.1. The molecular formula is C17H25N3O5S. The molecule has 1 unspecified atom stereocenters. The second-order valence-electron chi connectivity index (χ2n) is 6.29. The van der Waals surface area contributed by atoms with Gasteiger partial charge in [-0.15, -0.1) is 0 Å². The number of nitrogens with zero attached hydrogens (tertiary/aromatic N) is 1. The number of amides is 1. The smallest absolute Gasteiger partial charge is 0.263 e. The Morgan fingerprint density at radius 3 is 2.46 bits per heavy atom. The molecule has 0 bridgehead atoms. The highest BCUT2D eigenvalue weighted by Crippen LogP contribution is 2.27. The number of rotatable bonds is 9. The quantitative estimate of drug-likeness (QED) is 0.343. The van der Waals surface area contributed by atoms with Crippen LogP contribution in [-0.2, 0) is 14.8 Å². The Kier molecular flexibility index (Phi) is 7.34. The summed E-state index contributed by atoms with van der Waals surface area (Å²) >= 11 is 0. The van der Waals surface area contributed by atoms with Gasteiger partial charge in [0.25, 0.3) is 10.0 Å². The van der Waals surface area contributed by atoms with Crippen molar-refractivity contribution < 1.29 is 23.2 Å². The molecule has 1 atom stereocenters. The topological polar surface area (TPSA) is 117 Å². The van der Waals surface area contributed by atoms with Crippen molar-refractivity contribution in [3.63, 3.8) is 0 Å². The molecule has 0 heterocycles. The van der Waals surface area contributed by atoms with Crippen LogP contribution in [0.3, 0.4) is 0 Å². The van der Waals surface area contributed by atoms with E-state index in [9.17, 15) is 13.2 Å². The molecule has 0 radical (unpaired) electrons. The number of carbonyl (C=O) groups excluding carboxylic acids is 1. The number of nitrogens with one attached hydrogen (secondary N) is 2. The lowest BCUT2D eigenvalue weighted by Crippen LogP contribution is -2.41. The predicted octanol–water partition coefficient (Wildman–Crippen LogP) is 2.07. The Balaban J connectivity index is 2.76. The molecule has 0 aliphatic heterocycles. The lowest BCUT2D eigenvalue weighted by molar-refractivity contribution is -0.141. The zero-order valence-electron chi connectivity index (χ0n) is 15.3. The molecule has 3 N–H and O–H groups in total. The largest absolute Gasteiger partial charge is 0.493 e. The first-order valence-electron chi connectivity index (χ1n) is 7.92. The van der Waals surface area contributed by atoms with Gasteiger partial charge in [0, 0.05) is 12.1 Å². The van der Waals surface area contributed by atoms with E-state index >= 15 is 0 Å². The van der Waals surface area contributed by atoms with Crippen molar-refractivity contribution in [1.82, 2.24) is 10.2 Å². The lowest BCUT2D eigenvalue weighted by Gasteiger charge is -2.29. The molecule has 9 heteroatoms. The third-order valence-corrected chi connectivity index (χ3v) is 5.49. The summed E-state index contributed by atoms with van der Waals surface area (Å²) in [4.78, 5) is 15.5. The SMILES string of the molecule is C=C(/N=C/C)NS(=O)(=O)c1ccc(OCC(C)C(C)(C)C(=O)NO)cc1. The molecule has 1 aromatic carbocycles. The lowest BCUT2D eigenvalue weighted by atomic mass is 9.80. The molecule has 0 fully saturated rings. The number of carbonyl (C=O) groups is 1. The van der Waals surface area contributed by atoms with Crippen LogP contribution < -0.4 is 14.9 Å². The summed E-state index contributed by atoms with van der Waals surface area (Å²) in [6, 6.07) is 5.84. The van der Waals surface area contributed by atoms with Crippen LogP contribution in [0.1, 0.15) is 27.7 Å². The maximum Gasteiger partial charge on any atom is 0.263 e. The molecule has 1 aromatic rings. The minimum atomic E-state index is -3.77. The van der Waals surface area contributed by atoms with Crippen molar-refractivity contribution >= 4 is 22.1 Å². The second kappa shape index (κ2) is 8.81. The fourth-order valence-electron chi connectivity index (χ4n) is 1.91. The van der Waals surface area contributed by atoms with Gasteiger partial charge in [-0.1, -0.05) is 27.4 Å². The summed E-state index contributed by atoms with van der Waals surface area (Å²) in [6.45, 7) is 10.6. The fourth-order valence-corrected chi connectivity index (χ4v) is 2.88. The highest BCUT2D eigenvalue weighted by molar-refractivity contribution is 7.89. The molecule has 0 saturated heterocycles. The molecule has 1 amide bonds. The highest BCUT2D eigenvalue weighted by atomic mass is 32.2. The molecule has 0 aromatic heterocycles. The summed E-state index contributed by atoms with van der Waals surface area (Å²) in [5.74, 6) is -0.224. The van der Waals surface area contributed by atoms with E-state index in [0.29, 0.717) is 5.75 Å². The van der Waals surface area contributed by atoms with Gasteiger partial charge in [0.1, 0.15) is 11.6 Å². The van der Waals surface area contributed by atoms with Gasteiger partial charge in [0.05, 0.1) is 16.9 Å². The van der Waals surface area contributed by atoms with E-state index in [-0.39, 0.29) is 23.2 Å². The molecule has 26 heavy (non-hydrogen) atoms. The number of sulfonamides is 1. The number of hydrogen-bond acceptors (Lipinski definition) is 6. The Morgan fingerprint density at radius 1 is 1.38 bits per heavy atom. The van der Waals surface area contributed by atoms with Crippen LogP contribution in [-0.4, -0.2) is 32.4 Å². The van der Waals surface area contributed by atoms with E-state index in [1.165, 1.54) is 30.5 Å². The second-order valence-corrected chi connectivity index (χ2v) is 7.97. The number of hydrogen-bond donors (Lipinski definition) is 3. The van der Waals surface area contributed by atoms with Crippen molar-refractivity contribution in [2.45, 2.75) is 32.6 Å². The van der Waals surface area contributed by atoms with Crippen molar-refractivity contribution in [3.8, 4) is 5.75 Å². The monoisotopic (exact) mass is 383 g/mol. The Hall–Kier alpha value is -2.39. The predicted molar refractivity (Wildman–Crippen MR) is 98.4 cm³/mol. The fraction of sp³-hybridized carbons (Fsp3) is 0.412. The average molecular weight is 383 g/mol. The van der Waals surface area contributed by atoms with Crippen molar-refractivity contribution in [3.05, 3.63) is 36.7 Å². The van der Waals surface area contributed by atoms with E-state index in [1.54, 1.807) is 26.3 Å². The first-order valence-corrected chi connectivity index (χ1v) is 9.40. The van der Waals surface area contributed by atoms with Gasteiger partial charge < -0.3 is 4.74 Å². The van der Waals surface area contributed by atoms with Gasteiger partial charge in [-0.2, -0.15) is 0 Å². The van der Waals surface area contributed by atoms with E-state index in [2.05, 4.69) is 16.3 Å². The Bertz CT molecular complexity index is 770. The Labute approximate surface area is 154 Å². The number of aliphatic imine (C=N–C) groups is 1. The van der Waals surface area contributed by atoms with Crippen LogP contribution in [0, 0.1) is 11.3 Å². The third kappa shape index (κ3) is 5.57. The molecule has 0 saturated carbocycles. The minimum Gasteiger partial charge on any atom is -0.493 e. The number of benzene rings is 1. The van der Waals surface area contributed by atoms with Crippen molar-refractivity contribution in [1.29, 1.82) is 0 Å². The van der Waals surface area contributed by atoms with Crippen LogP contribution in [0.15, 0.2) is 46.6 Å².